The third-order valence-corrected chi connectivity index (χ3v) is 4.51. The molecule has 1 amide bonds. The van der Waals surface area contributed by atoms with Crippen LogP contribution in [0.15, 0.2) is 6.07 Å². The zero-order valence-electron chi connectivity index (χ0n) is 21.0. The van der Waals surface area contributed by atoms with E-state index in [1.165, 1.54) is 5.56 Å². The average Bonchev–Trinajstić information content (AvgIpc) is 2.91. The fourth-order valence-electron chi connectivity index (χ4n) is 2.69. The van der Waals surface area contributed by atoms with Gasteiger partial charge in [-0.1, -0.05) is 13.8 Å². The number of likely N-dealkylation sites (N-methyl/N-ethyl adjacent to an activating group) is 1. The molecule has 1 aromatic heterocycles. The van der Waals surface area contributed by atoms with Crippen LogP contribution in [0.5, 0.6) is 0 Å². The van der Waals surface area contributed by atoms with Crippen molar-refractivity contribution in [1.29, 1.82) is 0 Å². The molecule has 2 heterocycles. The van der Waals surface area contributed by atoms with Gasteiger partial charge in [0.25, 0.3) is 5.91 Å². The molecule has 0 atom stereocenters. The minimum absolute atomic E-state index is 0.0424. The highest BCUT2D eigenvalue weighted by Crippen LogP contribution is 2.22. The van der Waals surface area contributed by atoms with Crippen molar-refractivity contribution in [2.24, 2.45) is 5.92 Å². The summed E-state index contributed by atoms with van der Waals surface area (Å²) in [5.41, 5.74) is 3.00. The summed E-state index contributed by atoms with van der Waals surface area (Å²) in [6.07, 6.45) is -8.28. The van der Waals surface area contributed by atoms with E-state index in [1.807, 2.05) is 19.9 Å². The fourth-order valence-corrected chi connectivity index (χ4v) is 2.69. The number of halogens is 6. The van der Waals surface area contributed by atoms with Crippen LogP contribution in [0.25, 0.3) is 0 Å². The highest BCUT2D eigenvalue weighted by Gasteiger charge is 2.38. The summed E-state index contributed by atoms with van der Waals surface area (Å²) in [6, 6.07) is 2.16. The Kier molecular flexibility index (Phi) is 13.4. The Balaban J connectivity index is 0.000000761. The van der Waals surface area contributed by atoms with Gasteiger partial charge in [-0.25, -0.2) is 14.6 Å². The van der Waals surface area contributed by atoms with Crippen LogP contribution in [-0.4, -0.2) is 83.0 Å². The van der Waals surface area contributed by atoms with Crippen LogP contribution in [0.1, 0.15) is 49.3 Å². The maximum Gasteiger partial charge on any atom is 0.490 e. The predicted octanol–water partition coefficient (Wildman–Crippen LogP) is 3.58. The molecule has 0 unspecified atom stereocenters. The van der Waals surface area contributed by atoms with Crippen LogP contribution in [0.4, 0.5) is 32.2 Å². The van der Waals surface area contributed by atoms with Crippen molar-refractivity contribution in [3.05, 3.63) is 22.9 Å². The molecular formula is C22H32F6N4O5. The van der Waals surface area contributed by atoms with E-state index in [4.69, 9.17) is 24.8 Å². The number of amides is 1. The second-order valence-electron chi connectivity index (χ2n) is 8.80. The highest BCUT2D eigenvalue weighted by molar-refractivity contribution is 5.99. The zero-order valence-corrected chi connectivity index (χ0v) is 21.0. The normalized spacial score (nSPS) is 13.9. The number of hydrogen-bond donors (Lipinski definition) is 4. The van der Waals surface area contributed by atoms with Crippen LogP contribution in [0.3, 0.4) is 0 Å². The molecule has 0 radical (unpaired) electrons. The number of carbonyl (C=O) groups is 3. The predicted molar refractivity (Wildman–Crippen MR) is 122 cm³/mol. The maximum absolute atomic E-state index is 12.6. The van der Waals surface area contributed by atoms with Gasteiger partial charge in [-0.05, 0) is 44.9 Å². The molecule has 0 saturated carbocycles. The third kappa shape index (κ3) is 13.7. The largest absolute Gasteiger partial charge is 0.490 e. The van der Waals surface area contributed by atoms with E-state index in [0.717, 1.165) is 44.0 Å². The van der Waals surface area contributed by atoms with Crippen LogP contribution in [0, 0.1) is 5.92 Å². The lowest BCUT2D eigenvalue weighted by atomic mass is 10.0. The first-order chi connectivity index (χ1) is 16.7. The maximum atomic E-state index is 12.6. The van der Waals surface area contributed by atoms with E-state index in [2.05, 4.69) is 36.4 Å². The van der Waals surface area contributed by atoms with Crippen molar-refractivity contribution in [1.82, 2.24) is 15.2 Å². The second-order valence-corrected chi connectivity index (χ2v) is 8.80. The van der Waals surface area contributed by atoms with Crippen LogP contribution >= 0.6 is 0 Å². The zero-order chi connectivity index (χ0) is 29.1. The lowest BCUT2D eigenvalue weighted by Crippen LogP contribution is -2.31. The number of anilines is 1. The minimum Gasteiger partial charge on any atom is -0.475 e. The molecule has 0 bridgehead atoms. The highest BCUT2D eigenvalue weighted by atomic mass is 19.4. The van der Waals surface area contributed by atoms with Gasteiger partial charge in [0.15, 0.2) is 0 Å². The summed E-state index contributed by atoms with van der Waals surface area (Å²) in [5, 5.41) is 20.6. The summed E-state index contributed by atoms with van der Waals surface area (Å²) in [7, 11) is 2.14. The molecule has 1 aromatic rings. The SMILES string of the molecule is CC(C)CNc1nc2c(cc1C(=O)NC(C)C)CCN(C)CC2.O=C(O)C(F)(F)F.O=C(O)C(F)(F)F. The van der Waals surface area contributed by atoms with Gasteiger partial charge >= 0.3 is 24.3 Å². The summed E-state index contributed by atoms with van der Waals surface area (Å²) in [5.74, 6) is -4.33. The summed E-state index contributed by atoms with van der Waals surface area (Å²) in [4.78, 5) is 37.5. The average molecular weight is 547 g/mol. The Morgan fingerprint density at radius 3 is 1.84 bits per heavy atom. The molecule has 212 valence electrons. The Morgan fingerprint density at radius 2 is 1.43 bits per heavy atom. The summed E-state index contributed by atoms with van der Waals surface area (Å²) < 4.78 is 63.5. The number of carbonyl (C=O) groups excluding carboxylic acids is 1. The number of carboxylic acids is 2. The molecular weight excluding hydrogens is 514 g/mol. The first kappa shape index (κ1) is 33.9. The third-order valence-electron chi connectivity index (χ3n) is 4.51. The van der Waals surface area contributed by atoms with E-state index < -0.39 is 24.3 Å². The van der Waals surface area contributed by atoms with E-state index in [-0.39, 0.29) is 11.9 Å². The van der Waals surface area contributed by atoms with Gasteiger partial charge in [0, 0.05) is 37.8 Å². The smallest absolute Gasteiger partial charge is 0.475 e. The number of rotatable bonds is 5. The van der Waals surface area contributed by atoms with E-state index in [9.17, 15) is 31.1 Å². The van der Waals surface area contributed by atoms with Crippen molar-refractivity contribution in [3.63, 3.8) is 0 Å². The van der Waals surface area contributed by atoms with Crippen molar-refractivity contribution >= 4 is 23.7 Å². The molecule has 0 aliphatic carbocycles. The molecule has 0 aromatic carbocycles. The van der Waals surface area contributed by atoms with Crippen molar-refractivity contribution in [2.75, 3.05) is 32.0 Å². The lowest BCUT2D eigenvalue weighted by Gasteiger charge is -2.17. The molecule has 1 aliphatic heterocycles. The van der Waals surface area contributed by atoms with Crippen LogP contribution in [-0.2, 0) is 22.4 Å². The Hall–Kier alpha value is -3.10. The van der Waals surface area contributed by atoms with Gasteiger partial charge in [-0.15, -0.1) is 0 Å². The van der Waals surface area contributed by atoms with E-state index in [1.54, 1.807) is 0 Å². The Morgan fingerprint density at radius 1 is 0.973 bits per heavy atom. The van der Waals surface area contributed by atoms with Gasteiger partial charge in [-0.2, -0.15) is 26.3 Å². The number of hydrogen-bond acceptors (Lipinski definition) is 6. The van der Waals surface area contributed by atoms with Gasteiger partial charge in [0.1, 0.15) is 5.82 Å². The summed E-state index contributed by atoms with van der Waals surface area (Å²) >= 11 is 0. The molecule has 9 nitrogen and oxygen atoms in total. The minimum atomic E-state index is -5.08. The van der Waals surface area contributed by atoms with Crippen molar-refractivity contribution < 1.29 is 50.9 Å². The van der Waals surface area contributed by atoms with Gasteiger partial charge < -0.3 is 25.7 Å². The topological polar surface area (TPSA) is 132 Å². The lowest BCUT2D eigenvalue weighted by molar-refractivity contribution is -0.193. The summed E-state index contributed by atoms with van der Waals surface area (Å²) in [6.45, 7) is 11.1. The quantitative estimate of drug-likeness (QED) is 0.412. The van der Waals surface area contributed by atoms with E-state index >= 15 is 0 Å². The van der Waals surface area contributed by atoms with Gasteiger partial charge in [0.05, 0.1) is 5.56 Å². The molecule has 4 N–H and O–H groups in total. The van der Waals surface area contributed by atoms with Crippen LogP contribution < -0.4 is 10.6 Å². The number of aliphatic carboxylic acids is 2. The first-order valence-electron chi connectivity index (χ1n) is 11.1. The fraction of sp³-hybridized carbons (Fsp3) is 0.636. The number of pyridine rings is 1. The number of aromatic nitrogens is 1. The molecule has 0 spiro atoms. The van der Waals surface area contributed by atoms with Gasteiger partial charge in [0.2, 0.25) is 0 Å². The molecule has 1 aliphatic rings. The van der Waals surface area contributed by atoms with Crippen molar-refractivity contribution in [2.45, 2.75) is 58.9 Å². The van der Waals surface area contributed by atoms with Crippen molar-refractivity contribution in [3.8, 4) is 0 Å². The molecule has 37 heavy (non-hydrogen) atoms. The first-order valence-corrected chi connectivity index (χ1v) is 11.1. The number of nitrogens with zero attached hydrogens (tertiary/aromatic N) is 2. The standard InChI is InChI=1S/C18H30N4O.2C2HF3O2/c1-12(2)11-19-17-15(18(23)20-13(3)4)10-14-6-8-22(5)9-7-16(14)21-17;2*3-2(4,5)1(6)7/h10,12-13H,6-9,11H2,1-5H3,(H,19,21)(H,20,23);2*(H,6,7). The molecule has 2 rings (SSSR count). The molecule has 0 fully saturated rings. The molecule has 15 heteroatoms. The number of nitrogens with one attached hydrogen (secondary N) is 2. The van der Waals surface area contributed by atoms with Gasteiger partial charge in [-0.3, -0.25) is 4.79 Å². The number of fused-ring (bicyclic) bond motifs is 1. The Labute approximate surface area is 210 Å². The molecule has 0 saturated heterocycles. The second kappa shape index (κ2) is 14.6. The monoisotopic (exact) mass is 546 g/mol. The van der Waals surface area contributed by atoms with E-state index in [0.29, 0.717) is 11.5 Å². The number of alkyl halides is 6. The Bertz CT molecular complexity index is 896. The number of carboxylic acid groups (broad SMARTS) is 2. The van der Waals surface area contributed by atoms with Crippen LogP contribution in [0.2, 0.25) is 0 Å².